The molecule has 1 saturated heterocycles. The molecule has 1 atom stereocenters. The summed E-state index contributed by atoms with van der Waals surface area (Å²) in [5.74, 6) is 1.14. The Morgan fingerprint density at radius 3 is 2.90 bits per heavy atom. The van der Waals surface area contributed by atoms with Crippen molar-refractivity contribution in [3.05, 3.63) is 29.6 Å². The van der Waals surface area contributed by atoms with Crippen LogP contribution in [0.5, 0.6) is 0 Å². The molecule has 4 nitrogen and oxygen atoms in total. The number of nitrogens with two attached hydrogens (primary N) is 1. The second kappa shape index (κ2) is 6.16. The summed E-state index contributed by atoms with van der Waals surface area (Å²) in [7, 11) is 0. The number of nitrogens with zero attached hydrogens (tertiary/aromatic N) is 2. The third-order valence-electron chi connectivity index (χ3n) is 4.26. The monoisotopic (exact) mass is 287 g/mol. The Bertz CT molecular complexity index is 612. The van der Waals surface area contributed by atoms with Gasteiger partial charge in [-0.3, -0.25) is 0 Å². The molecule has 0 radical (unpaired) electrons. The van der Waals surface area contributed by atoms with Crippen LogP contribution in [0.4, 0.5) is 0 Å². The maximum absolute atomic E-state index is 5.88. The van der Waals surface area contributed by atoms with Crippen LogP contribution >= 0.6 is 0 Å². The second-order valence-corrected chi connectivity index (χ2v) is 6.21. The van der Waals surface area contributed by atoms with Gasteiger partial charge in [-0.25, -0.2) is 4.98 Å². The Morgan fingerprint density at radius 2 is 2.24 bits per heavy atom. The van der Waals surface area contributed by atoms with Gasteiger partial charge in [0.25, 0.3) is 0 Å². The summed E-state index contributed by atoms with van der Waals surface area (Å²) in [6.45, 7) is 5.88. The lowest BCUT2D eigenvalue weighted by Gasteiger charge is -2.23. The number of hydrogen-bond donors (Lipinski definition) is 1. The van der Waals surface area contributed by atoms with Crippen LogP contribution in [0.3, 0.4) is 0 Å². The van der Waals surface area contributed by atoms with Crippen molar-refractivity contribution in [1.82, 2.24) is 9.55 Å². The molecule has 114 valence electrons. The van der Waals surface area contributed by atoms with Crippen molar-refractivity contribution in [3.63, 3.8) is 0 Å². The van der Waals surface area contributed by atoms with Crippen LogP contribution in [0, 0.1) is 0 Å². The first-order chi connectivity index (χ1) is 10.2. The van der Waals surface area contributed by atoms with Gasteiger partial charge in [-0.05, 0) is 50.8 Å². The van der Waals surface area contributed by atoms with Crippen LogP contribution < -0.4 is 5.73 Å². The third kappa shape index (κ3) is 2.97. The highest BCUT2D eigenvalue weighted by Gasteiger charge is 2.20. The van der Waals surface area contributed by atoms with Gasteiger partial charge in [-0.2, -0.15) is 0 Å². The summed E-state index contributed by atoms with van der Waals surface area (Å²) in [4.78, 5) is 4.86. The second-order valence-electron chi connectivity index (χ2n) is 6.21. The number of rotatable bonds is 4. The molecule has 1 unspecified atom stereocenters. The lowest BCUT2D eigenvalue weighted by molar-refractivity contribution is 0.0151. The van der Waals surface area contributed by atoms with Gasteiger partial charge in [-0.1, -0.05) is 6.07 Å². The van der Waals surface area contributed by atoms with E-state index >= 15 is 0 Å². The van der Waals surface area contributed by atoms with E-state index in [1.807, 2.05) is 0 Å². The first-order valence-electron chi connectivity index (χ1n) is 8.00. The fourth-order valence-corrected chi connectivity index (χ4v) is 3.21. The van der Waals surface area contributed by atoms with Gasteiger partial charge in [-0.15, -0.1) is 0 Å². The highest BCUT2D eigenvalue weighted by molar-refractivity contribution is 5.77. The van der Waals surface area contributed by atoms with Crippen molar-refractivity contribution >= 4 is 11.0 Å². The molecule has 4 heteroatoms. The van der Waals surface area contributed by atoms with Gasteiger partial charge >= 0.3 is 0 Å². The minimum Gasteiger partial charge on any atom is -0.378 e. The fourth-order valence-electron chi connectivity index (χ4n) is 3.21. The standard InChI is InChI=1S/C17H25N3O/c1-12(2)20-16-7-6-13(11-18)9-15(16)19-17(20)10-14-5-3-4-8-21-14/h6-7,9,12,14H,3-5,8,10-11,18H2,1-2H3. The van der Waals surface area contributed by atoms with E-state index in [0.717, 1.165) is 36.4 Å². The maximum atomic E-state index is 5.88. The van der Waals surface area contributed by atoms with Crippen LogP contribution in [-0.4, -0.2) is 22.3 Å². The lowest BCUT2D eigenvalue weighted by Crippen LogP contribution is -2.23. The minimum atomic E-state index is 0.321. The average molecular weight is 287 g/mol. The molecular formula is C17H25N3O. The van der Waals surface area contributed by atoms with Crippen LogP contribution in [0.1, 0.15) is 50.5 Å². The zero-order valence-corrected chi connectivity index (χ0v) is 13.0. The van der Waals surface area contributed by atoms with Gasteiger partial charge in [0.05, 0.1) is 17.1 Å². The molecular weight excluding hydrogens is 262 g/mol. The Kier molecular flexibility index (Phi) is 4.27. The highest BCUT2D eigenvalue weighted by atomic mass is 16.5. The predicted octanol–water partition coefficient (Wildman–Crippen LogP) is 3.19. The smallest absolute Gasteiger partial charge is 0.112 e. The van der Waals surface area contributed by atoms with Crippen molar-refractivity contribution in [2.45, 2.75) is 58.2 Å². The number of hydrogen-bond acceptors (Lipinski definition) is 3. The van der Waals surface area contributed by atoms with E-state index in [4.69, 9.17) is 15.5 Å². The molecule has 1 aliphatic heterocycles. The quantitative estimate of drug-likeness (QED) is 0.939. The Morgan fingerprint density at radius 1 is 1.38 bits per heavy atom. The molecule has 1 aromatic heterocycles. The summed E-state index contributed by atoms with van der Waals surface area (Å²) in [6.07, 6.45) is 4.84. The number of ether oxygens (including phenoxy) is 1. The zero-order valence-electron chi connectivity index (χ0n) is 13.0. The summed E-state index contributed by atoms with van der Waals surface area (Å²) >= 11 is 0. The van der Waals surface area contributed by atoms with E-state index in [9.17, 15) is 0 Å². The van der Waals surface area contributed by atoms with Gasteiger partial charge in [0.15, 0.2) is 0 Å². The summed E-state index contributed by atoms with van der Waals surface area (Å²) in [5.41, 5.74) is 9.13. The number of fused-ring (bicyclic) bond motifs is 1. The van der Waals surface area contributed by atoms with Crippen molar-refractivity contribution in [1.29, 1.82) is 0 Å². The number of benzene rings is 1. The minimum absolute atomic E-state index is 0.321. The molecule has 1 fully saturated rings. The summed E-state index contributed by atoms with van der Waals surface area (Å²) in [6, 6.07) is 6.76. The molecule has 0 saturated carbocycles. The SMILES string of the molecule is CC(C)n1c(CC2CCCCO2)nc2cc(CN)ccc21. The van der Waals surface area contributed by atoms with Crippen molar-refractivity contribution in [3.8, 4) is 0 Å². The van der Waals surface area contributed by atoms with Gasteiger partial charge in [0, 0.05) is 25.6 Å². The van der Waals surface area contributed by atoms with Crippen LogP contribution in [-0.2, 0) is 17.7 Å². The molecule has 0 amide bonds. The zero-order chi connectivity index (χ0) is 14.8. The summed E-state index contributed by atoms with van der Waals surface area (Å²) < 4.78 is 8.23. The van der Waals surface area contributed by atoms with E-state index < -0.39 is 0 Å². The van der Waals surface area contributed by atoms with Crippen molar-refractivity contribution < 1.29 is 4.74 Å². The van der Waals surface area contributed by atoms with Crippen LogP contribution in [0.2, 0.25) is 0 Å². The molecule has 0 aliphatic carbocycles. The third-order valence-corrected chi connectivity index (χ3v) is 4.26. The van der Waals surface area contributed by atoms with E-state index in [-0.39, 0.29) is 0 Å². The molecule has 1 aromatic carbocycles. The van der Waals surface area contributed by atoms with E-state index in [0.29, 0.717) is 18.7 Å². The predicted molar refractivity (Wildman–Crippen MR) is 85.3 cm³/mol. The molecule has 1 aliphatic rings. The molecule has 2 N–H and O–H groups in total. The first-order valence-corrected chi connectivity index (χ1v) is 8.00. The van der Waals surface area contributed by atoms with Crippen LogP contribution in [0.15, 0.2) is 18.2 Å². The topological polar surface area (TPSA) is 53.1 Å². The molecule has 2 heterocycles. The van der Waals surface area contributed by atoms with Crippen molar-refractivity contribution in [2.24, 2.45) is 5.73 Å². The largest absolute Gasteiger partial charge is 0.378 e. The summed E-state index contributed by atoms with van der Waals surface area (Å²) in [5, 5.41) is 0. The number of aromatic nitrogens is 2. The molecule has 0 spiro atoms. The Labute approximate surface area is 126 Å². The first kappa shape index (κ1) is 14.5. The van der Waals surface area contributed by atoms with Gasteiger partial charge < -0.3 is 15.0 Å². The van der Waals surface area contributed by atoms with Gasteiger partial charge in [0.2, 0.25) is 0 Å². The van der Waals surface area contributed by atoms with Crippen LogP contribution in [0.25, 0.3) is 11.0 Å². The number of imidazole rings is 1. The normalized spacial score (nSPS) is 19.5. The Hall–Kier alpha value is -1.39. The molecule has 0 bridgehead atoms. The highest BCUT2D eigenvalue weighted by Crippen LogP contribution is 2.25. The average Bonchev–Trinajstić information content (AvgIpc) is 2.85. The van der Waals surface area contributed by atoms with E-state index in [2.05, 4.69) is 36.6 Å². The molecule has 21 heavy (non-hydrogen) atoms. The van der Waals surface area contributed by atoms with Crippen molar-refractivity contribution in [2.75, 3.05) is 6.61 Å². The van der Waals surface area contributed by atoms with E-state index in [1.165, 1.54) is 18.4 Å². The fraction of sp³-hybridized carbons (Fsp3) is 0.588. The van der Waals surface area contributed by atoms with E-state index in [1.54, 1.807) is 0 Å². The maximum Gasteiger partial charge on any atom is 0.112 e. The lowest BCUT2D eigenvalue weighted by atomic mass is 10.1. The molecule has 3 rings (SSSR count). The Balaban J connectivity index is 1.97. The molecule has 2 aromatic rings. The van der Waals surface area contributed by atoms with Gasteiger partial charge in [0.1, 0.15) is 5.82 Å².